The van der Waals surface area contributed by atoms with E-state index < -0.39 is 0 Å². The van der Waals surface area contributed by atoms with Crippen LogP contribution in [0.5, 0.6) is 0 Å². The fraction of sp³-hybridized carbons (Fsp3) is 0.250. The first-order chi connectivity index (χ1) is 14.4. The highest BCUT2D eigenvalue weighted by Crippen LogP contribution is 2.35. The van der Waals surface area contributed by atoms with Crippen LogP contribution in [0.2, 0.25) is 5.02 Å². The van der Waals surface area contributed by atoms with Gasteiger partial charge in [0, 0.05) is 11.6 Å². The van der Waals surface area contributed by atoms with Gasteiger partial charge in [-0.25, -0.2) is 15.0 Å². The fourth-order valence-corrected chi connectivity index (χ4v) is 3.59. The summed E-state index contributed by atoms with van der Waals surface area (Å²) in [7, 11) is 3.99. The van der Waals surface area contributed by atoms with E-state index in [4.69, 9.17) is 17.3 Å². The number of hydrogen-bond acceptors (Lipinski definition) is 7. The van der Waals surface area contributed by atoms with Gasteiger partial charge in [0.1, 0.15) is 29.3 Å². The zero-order chi connectivity index (χ0) is 21.4. The summed E-state index contributed by atoms with van der Waals surface area (Å²) in [4.78, 5) is 18.7. The molecule has 0 fully saturated rings. The maximum Gasteiger partial charge on any atom is 0.179 e. The third-order valence-electron chi connectivity index (χ3n) is 4.80. The molecular weight excluding hydrogens is 402 g/mol. The molecule has 0 bridgehead atoms. The number of nitriles is 2. The number of anilines is 1. The molecule has 3 N–H and O–H groups in total. The van der Waals surface area contributed by atoms with Crippen molar-refractivity contribution in [3.05, 3.63) is 34.6 Å². The number of imidazole rings is 1. The van der Waals surface area contributed by atoms with Gasteiger partial charge in [0.2, 0.25) is 0 Å². The van der Waals surface area contributed by atoms with E-state index >= 15 is 0 Å². The number of halogens is 1. The molecule has 0 amide bonds. The molecule has 0 atom stereocenters. The highest BCUT2D eigenvalue weighted by Gasteiger charge is 2.24. The molecule has 4 aromatic rings. The lowest BCUT2D eigenvalue weighted by molar-refractivity contribution is 0.388. The first-order valence-electron chi connectivity index (χ1n) is 9.23. The largest absolute Gasteiger partial charge is 0.384 e. The van der Waals surface area contributed by atoms with Crippen molar-refractivity contribution in [2.75, 3.05) is 26.4 Å². The van der Waals surface area contributed by atoms with E-state index in [9.17, 15) is 10.5 Å². The standard InChI is InChI=1S/C20H18ClN9/c1-29(2)6-3-7-30-18(24)16(17-20(30)28-15(10-23)14(9-22)25-17)19-26-12-5-4-11(21)8-13(12)27-19/h4-5,8H,3,6-7,24H2,1-2H3,(H,26,27). The van der Waals surface area contributed by atoms with E-state index in [1.165, 1.54) is 0 Å². The van der Waals surface area contributed by atoms with Crippen molar-refractivity contribution in [2.24, 2.45) is 0 Å². The van der Waals surface area contributed by atoms with Crippen LogP contribution < -0.4 is 5.73 Å². The van der Waals surface area contributed by atoms with Crippen molar-refractivity contribution < 1.29 is 0 Å². The van der Waals surface area contributed by atoms with Gasteiger partial charge in [0.15, 0.2) is 17.0 Å². The smallest absolute Gasteiger partial charge is 0.179 e. The Hall–Kier alpha value is -3.66. The lowest BCUT2D eigenvalue weighted by Crippen LogP contribution is -2.16. The second-order valence-electron chi connectivity index (χ2n) is 7.13. The molecule has 1 aromatic carbocycles. The minimum absolute atomic E-state index is 0.0284. The third-order valence-corrected chi connectivity index (χ3v) is 5.03. The molecule has 0 aliphatic carbocycles. The lowest BCUT2D eigenvalue weighted by atomic mass is 10.2. The van der Waals surface area contributed by atoms with E-state index in [1.807, 2.05) is 36.9 Å². The van der Waals surface area contributed by atoms with Crippen LogP contribution in [0.15, 0.2) is 18.2 Å². The van der Waals surface area contributed by atoms with Crippen LogP contribution in [0.3, 0.4) is 0 Å². The Labute approximate surface area is 177 Å². The molecule has 9 nitrogen and oxygen atoms in total. The van der Waals surface area contributed by atoms with E-state index in [1.54, 1.807) is 12.1 Å². The Bertz CT molecular complexity index is 1350. The summed E-state index contributed by atoms with van der Waals surface area (Å²) in [6.07, 6.45) is 0.819. The Morgan fingerprint density at radius 2 is 1.90 bits per heavy atom. The molecule has 3 heterocycles. The summed E-state index contributed by atoms with van der Waals surface area (Å²) >= 11 is 6.09. The number of aromatic nitrogens is 5. The number of nitrogen functional groups attached to an aromatic ring is 1. The van der Waals surface area contributed by atoms with E-state index in [0.29, 0.717) is 39.9 Å². The molecule has 0 saturated heterocycles. The van der Waals surface area contributed by atoms with Crippen LogP contribution in [0, 0.1) is 22.7 Å². The van der Waals surface area contributed by atoms with Crippen molar-refractivity contribution in [2.45, 2.75) is 13.0 Å². The molecule has 150 valence electrons. The van der Waals surface area contributed by atoms with Crippen molar-refractivity contribution >= 4 is 39.6 Å². The van der Waals surface area contributed by atoms with Crippen LogP contribution in [0.4, 0.5) is 5.82 Å². The summed E-state index contributed by atoms with van der Waals surface area (Å²) in [5.74, 6) is 0.928. The van der Waals surface area contributed by atoms with Gasteiger partial charge in [0.25, 0.3) is 0 Å². The molecule has 0 aliphatic rings. The molecule has 10 heteroatoms. The predicted octanol–water partition coefficient (Wildman–Crippen LogP) is 2.91. The highest BCUT2D eigenvalue weighted by molar-refractivity contribution is 6.31. The highest BCUT2D eigenvalue weighted by atomic mass is 35.5. The SMILES string of the molecule is CN(C)CCCn1c(N)c(-c2nc3ccc(Cl)cc3[nH]2)c2nc(C#N)c(C#N)nc21. The number of hydrogen-bond donors (Lipinski definition) is 2. The number of nitrogens with two attached hydrogens (primary N) is 1. The summed E-state index contributed by atoms with van der Waals surface area (Å²) < 4.78 is 1.82. The Morgan fingerprint density at radius 3 is 2.60 bits per heavy atom. The molecule has 0 unspecified atom stereocenters. The number of nitrogens with one attached hydrogen (secondary N) is 1. The first kappa shape index (κ1) is 19.6. The summed E-state index contributed by atoms with van der Waals surface area (Å²) in [6, 6.07) is 9.22. The Balaban J connectivity index is 1.96. The van der Waals surface area contributed by atoms with Gasteiger partial charge in [-0.05, 0) is 45.3 Å². The van der Waals surface area contributed by atoms with Crippen LogP contribution >= 0.6 is 11.6 Å². The van der Waals surface area contributed by atoms with E-state index in [-0.39, 0.29) is 11.4 Å². The van der Waals surface area contributed by atoms with Gasteiger partial charge in [-0.15, -0.1) is 0 Å². The second kappa shape index (κ2) is 7.64. The van der Waals surface area contributed by atoms with Crippen molar-refractivity contribution in [3.63, 3.8) is 0 Å². The number of nitrogens with zero attached hydrogens (tertiary/aromatic N) is 7. The second-order valence-corrected chi connectivity index (χ2v) is 7.57. The minimum atomic E-state index is -0.0455. The van der Waals surface area contributed by atoms with Gasteiger partial charge < -0.3 is 20.2 Å². The Kier molecular flexibility index (Phi) is 5.00. The summed E-state index contributed by atoms with van der Waals surface area (Å²) in [5.41, 5.74) is 9.36. The number of H-pyrrole nitrogens is 1. The predicted molar refractivity (Wildman–Crippen MR) is 115 cm³/mol. The average molecular weight is 420 g/mol. The van der Waals surface area contributed by atoms with Crippen molar-refractivity contribution in [3.8, 4) is 23.5 Å². The molecule has 3 aromatic heterocycles. The van der Waals surface area contributed by atoms with Gasteiger partial charge >= 0.3 is 0 Å². The number of benzene rings is 1. The quantitative estimate of drug-likeness (QED) is 0.507. The molecule has 0 radical (unpaired) electrons. The topological polar surface area (TPSA) is 136 Å². The fourth-order valence-electron chi connectivity index (χ4n) is 3.41. The zero-order valence-electron chi connectivity index (χ0n) is 16.4. The summed E-state index contributed by atoms with van der Waals surface area (Å²) in [5, 5.41) is 19.4. The maximum absolute atomic E-state index is 9.41. The lowest BCUT2D eigenvalue weighted by Gasteiger charge is -2.11. The van der Waals surface area contributed by atoms with Crippen molar-refractivity contribution in [1.29, 1.82) is 10.5 Å². The minimum Gasteiger partial charge on any atom is -0.384 e. The summed E-state index contributed by atoms with van der Waals surface area (Å²) in [6.45, 7) is 1.43. The molecule has 0 spiro atoms. The third kappa shape index (κ3) is 3.30. The van der Waals surface area contributed by atoms with Crippen LogP contribution in [-0.4, -0.2) is 50.0 Å². The monoisotopic (exact) mass is 419 g/mol. The van der Waals surface area contributed by atoms with Gasteiger partial charge in [0.05, 0.1) is 16.6 Å². The van der Waals surface area contributed by atoms with Crippen LogP contribution in [0.25, 0.3) is 33.6 Å². The van der Waals surface area contributed by atoms with Crippen LogP contribution in [-0.2, 0) is 6.54 Å². The number of fused-ring (bicyclic) bond motifs is 2. The average Bonchev–Trinajstić information content (AvgIpc) is 3.24. The van der Waals surface area contributed by atoms with Gasteiger partial charge in [-0.3, -0.25) is 0 Å². The maximum atomic E-state index is 9.41. The first-order valence-corrected chi connectivity index (χ1v) is 9.61. The van der Waals surface area contributed by atoms with E-state index in [2.05, 4.69) is 24.8 Å². The normalized spacial score (nSPS) is 11.3. The number of rotatable bonds is 5. The molecule has 0 aliphatic heterocycles. The van der Waals surface area contributed by atoms with Crippen LogP contribution in [0.1, 0.15) is 17.8 Å². The molecular formula is C20H18ClN9. The number of aromatic amines is 1. The van der Waals surface area contributed by atoms with Gasteiger partial charge in [-0.1, -0.05) is 11.6 Å². The molecule has 4 rings (SSSR count). The van der Waals surface area contributed by atoms with Crippen molar-refractivity contribution in [1.82, 2.24) is 29.4 Å². The Morgan fingerprint density at radius 1 is 1.17 bits per heavy atom. The molecule has 0 saturated carbocycles. The zero-order valence-corrected chi connectivity index (χ0v) is 17.2. The van der Waals surface area contributed by atoms with E-state index in [0.717, 1.165) is 24.0 Å². The molecule has 30 heavy (non-hydrogen) atoms. The number of aryl methyl sites for hydroxylation is 1. The van der Waals surface area contributed by atoms with Gasteiger partial charge in [-0.2, -0.15) is 10.5 Å².